The highest BCUT2D eigenvalue weighted by Crippen LogP contribution is 2.38. The number of esters is 1. The molecule has 1 aliphatic rings. The Balaban J connectivity index is 1.78. The second-order valence-electron chi connectivity index (χ2n) is 8.24. The minimum atomic E-state index is -4.80. The van der Waals surface area contributed by atoms with Crippen molar-refractivity contribution < 1.29 is 32.2 Å². The molecule has 0 spiro atoms. The number of carbonyl (C=O) groups is 1. The minimum absolute atomic E-state index is 0.164. The predicted octanol–water partition coefficient (Wildman–Crippen LogP) is 6.63. The van der Waals surface area contributed by atoms with Gasteiger partial charge in [0.25, 0.3) is 0 Å². The Hall–Kier alpha value is -3.04. The molecule has 6 nitrogen and oxygen atoms in total. The number of aromatic nitrogens is 1. The monoisotopic (exact) mass is 508 g/mol. The largest absolute Gasteiger partial charge is 0.573 e. The quantitative estimate of drug-likeness (QED) is 0.348. The summed E-state index contributed by atoms with van der Waals surface area (Å²) in [6.07, 6.45) is -4.29. The van der Waals surface area contributed by atoms with Gasteiger partial charge < -0.3 is 14.2 Å². The van der Waals surface area contributed by atoms with Gasteiger partial charge in [-0.05, 0) is 61.2 Å². The molecule has 0 aliphatic carbocycles. The number of pyridine rings is 1. The Morgan fingerprint density at radius 3 is 2.54 bits per heavy atom. The summed E-state index contributed by atoms with van der Waals surface area (Å²) >= 11 is 6.38. The van der Waals surface area contributed by atoms with Gasteiger partial charge in [-0.15, -0.1) is 13.2 Å². The van der Waals surface area contributed by atoms with Crippen molar-refractivity contribution in [2.75, 3.05) is 12.0 Å². The third kappa shape index (κ3) is 5.79. The number of methoxy groups -OCH3 is 1. The number of nitrogens with zero attached hydrogens (tertiary/aromatic N) is 2. The van der Waals surface area contributed by atoms with Crippen LogP contribution in [0.15, 0.2) is 54.6 Å². The predicted molar refractivity (Wildman–Crippen MR) is 126 cm³/mol. The van der Waals surface area contributed by atoms with Gasteiger partial charge in [0.15, 0.2) is 6.10 Å². The molecule has 35 heavy (non-hydrogen) atoms. The summed E-state index contributed by atoms with van der Waals surface area (Å²) in [4.78, 5) is 18.8. The smallest absolute Gasteiger partial charge is 0.467 e. The summed E-state index contributed by atoms with van der Waals surface area (Å²) in [5.41, 5.74) is 1.09. The van der Waals surface area contributed by atoms with E-state index in [-0.39, 0.29) is 11.7 Å². The molecule has 4 rings (SSSR count). The van der Waals surface area contributed by atoms with Gasteiger partial charge in [0.1, 0.15) is 17.8 Å². The minimum Gasteiger partial charge on any atom is -0.467 e. The third-order valence-corrected chi connectivity index (χ3v) is 6.29. The number of rotatable bonds is 6. The Labute approximate surface area is 205 Å². The zero-order valence-corrected chi connectivity index (χ0v) is 19.8. The van der Waals surface area contributed by atoms with Crippen LogP contribution in [0, 0.1) is 5.92 Å². The van der Waals surface area contributed by atoms with E-state index in [9.17, 15) is 18.0 Å². The number of alkyl halides is 3. The van der Waals surface area contributed by atoms with Crippen LogP contribution in [0.2, 0.25) is 5.02 Å². The lowest BCUT2D eigenvalue weighted by atomic mass is 9.91. The number of hydrogen-bond donors (Lipinski definition) is 0. The van der Waals surface area contributed by atoms with Gasteiger partial charge in [-0.2, -0.15) is 0 Å². The number of ether oxygens (including phenoxy) is 3. The fourth-order valence-electron chi connectivity index (χ4n) is 4.26. The number of hydrogen-bond acceptors (Lipinski definition) is 6. The lowest BCUT2D eigenvalue weighted by Crippen LogP contribution is -2.46. The molecule has 186 valence electrons. The molecule has 1 aromatic heterocycles. The Bertz CT molecular complexity index is 1190. The van der Waals surface area contributed by atoms with Crippen LogP contribution in [-0.4, -0.2) is 36.8 Å². The van der Waals surface area contributed by atoms with Gasteiger partial charge in [-0.3, -0.25) is 4.90 Å². The summed E-state index contributed by atoms with van der Waals surface area (Å²) in [5, 5.41) is 1.29. The lowest BCUT2D eigenvalue weighted by molar-refractivity contribution is -0.274. The van der Waals surface area contributed by atoms with E-state index in [0.29, 0.717) is 34.9 Å². The Morgan fingerprint density at radius 2 is 1.89 bits per heavy atom. The van der Waals surface area contributed by atoms with Crippen LogP contribution in [0.1, 0.15) is 26.2 Å². The molecule has 3 atom stereocenters. The Morgan fingerprint density at radius 1 is 1.14 bits per heavy atom. The topological polar surface area (TPSA) is 60.9 Å². The third-order valence-electron chi connectivity index (χ3n) is 5.98. The van der Waals surface area contributed by atoms with E-state index in [1.54, 1.807) is 17.0 Å². The fourth-order valence-corrected chi connectivity index (χ4v) is 4.48. The summed E-state index contributed by atoms with van der Waals surface area (Å²) in [7, 11) is 1.31. The molecule has 2 heterocycles. The van der Waals surface area contributed by atoms with Crippen molar-refractivity contribution in [3.8, 4) is 5.75 Å². The van der Waals surface area contributed by atoms with Gasteiger partial charge >= 0.3 is 12.3 Å². The molecule has 0 saturated carbocycles. The highest BCUT2D eigenvalue weighted by Gasteiger charge is 2.38. The molecule has 0 radical (unpaired) electrons. The molecule has 2 aromatic carbocycles. The summed E-state index contributed by atoms with van der Waals surface area (Å²) < 4.78 is 53.1. The molecule has 10 heteroatoms. The van der Waals surface area contributed by atoms with Crippen molar-refractivity contribution in [1.82, 2.24) is 4.98 Å². The SMILES string of the molecule is CC[C@H]1C[C@@H](C(=O)OC)O[C@@H](N(c2ccc(OC(F)(F)F)cc2)c2ccc3cccc(Cl)c3n2)C1. The van der Waals surface area contributed by atoms with Crippen LogP contribution in [0.25, 0.3) is 10.9 Å². The van der Waals surface area contributed by atoms with Gasteiger partial charge in [-0.25, -0.2) is 9.78 Å². The zero-order valence-electron chi connectivity index (χ0n) is 19.1. The average molecular weight is 509 g/mol. The maximum Gasteiger partial charge on any atom is 0.573 e. The van der Waals surface area contributed by atoms with Crippen molar-refractivity contribution in [1.29, 1.82) is 0 Å². The molecule has 3 aromatic rings. The lowest BCUT2D eigenvalue weighted by Gasteiger charge is -2.40. The van der Waals surface area contributed by atoms with Crippen LogP contribution in [0.5, 0.6) is 5.75 Å². The Kier molecular flexibility index (Phi) is 7.37. The van der Waals surface area contributed by atoms with E-state index in [2.05, 4.69) is 4.74 Å². The molecule has 0 bridgehead atoms. The fraction of sp³-hybridized carbons (Fsp3) is 0.360. The first kappa shape index (κ1) is 25.1. The molecular weight excluding hydrogens is 485 g/mol. The normalized spacial score (nSPS) is 20.5. The van der Waals surface area contributed by atoms with Crippen LogP contribution in [0.3, 0.4) is 0 Å². The zero-order chi connectivity index (χ0) is 25.2. The molecule has 1 fully saturated rings. The van der Waals surface area contributed by atoms with Gasteiger partial charge in [0.05, 0.1) is 17.6 Å². The molecule has 1 saturated heterocycles. The highest BCUT2D eigenvalue weighted by molar-refractivity contribution is 6.35. The number of benzene rings is 2. The molecule has 0 unspecified atom stereocenters. The van der Waals surface area contributed by atoms with E-state index in [1.165, 1.54) is 31.4 Å². The van der Waals surface area contributed by atoms with Gasteiger partial charge in [0.2, 0.25) is 0 Å². The van der Waals surface area contributed by atoms with Gasteiger partial charge in [-0.1, -0.05) is 37.1 Å². The molecule has 1 aliphatic heterocycles. The van der Waals surface area contributed by atoms with Crippen molar-refractivity contribution in [3.05, 3.63) is 59.6 Å². The van der Waals surface area contributed by atoms with Crippen molar-refractivity contribution in [2.45, 2.75) is 44.9 Å². The number of halogens is 4. The second kappa shape index (κ2) is 10.3. The van der Waals surface area contributed by atoms with Crippen LogP contribution in [-0.2, 0) is 14.3 Å². The maximum atomic E-state index is 12.7. The summed E-state index contributed by atoms with van der Waals surface area (Å²) in [5.74, 6) is -0.187. The van der Waals surface area contributed by atoms with E-state index in [1.807, 2.05) is 25.1 Å². The molecule has 0 N–H and O–H groups in total. The van der Waals surface area contributed by atoms with Crippen molar-refractivity contribution in [2.24, 2.45) is 5.92 Å². The van der Waals surface area contributed by atoms with Crippen LogP contribution < -0.4 is 9.64 Å². The number of fused-ring (bicyclic) bond motifs is 1. The summed E-state index contributed by atoms with van der Waals surface area (Å²) in [6, 6.07) is 14.5. The summed E-state index contributed by atoms with van der Waals surface area (Å²) in [6.45, 7) is 2.03. The van der Waals surface area contributed by atoms with Crippen molar-refractivity contribution >= 4 is 40.0 Å². The van der Waals surface area contributed by atoms with E-state index in [4.69, 9.17) is 26.1 Å². The first-order valence-electron chi connectivity index (χ1n) is 11.1. The van der Waals surface area contributed by atoms with E-state index < -0.39 is 24.7 Å². The van der Waals surface area contributed by atoms with E-state index >= 15 is 0 Å². The van der Waals surface area contributed by atoms with Crippen molar-refractivity contribution in [3.63, 3.8) is 0 Å². The average Bonchev–Trinajstić information content (AvgIpc) is 2.84. The number of para-hydroxylation sites is 1. The highest BCUT2D eigenvalue weighted by atomic mass is 35.5. The second-order valence-corrected chi connectivity index (χ2v) is 8.65. The standard InChI is InChI=1S/C25H24ClF3N2O4/c1-3-15-13-20(24(32)33-2)34-22(14-15)31(17-8-10-18(11-9-17)35-25(27,28)29)21-12-7-16-5-4-6-19(26)23(16)30-21/h4-12,15,20,22H,3,13-14H2,1-2H3/t15-,20-,22+/m0/s1. The molecular formula is C25H24ClF3N2O4. The first-order valence-corrected chi connectivity index (χ1v) is 11.5. The maximum absolute atomic E-state index is 12.7. The first-order chi connectivity index (χ1) is 16.7. The number of carbonyl (C=O) groups excluding carboxylic acids is 1. The van der Waals surface area contributed by atoms with E-state index in [0.717, 1.165) is 11.8 Å². The molecule has 0 amide bonds. The number of anilines is 2. The van der Waals surface area contributed by atoms with Gasteiger partial charge in [0, 0.05) is 11.1 Å². The van der Waals surface area contributed by atoms with Crippen LogP contribution >= 0.6 is 11.6 Å². The van der Waals surface area contributed by atoms with Crippen LogP contribution in [0.4, 0.5) is 24.7 Å².